The first-order valence-corrected chi connectivity index (χ1v) is 7.61. The summed E-state index contributed by atoms with van der Waals surface area (Å²) in [4.78, 5) is 12.3. The second-order valence-corrected chi connectivity index (χ2v) is 5.76. The topological polar surface area (TPSA) is 79.2 Å². The summed E-state index contributed by atoms with van der Waals surface area (Å²) in [6.07, 6.45) is 3.26. The first-order valence-electron chi connectivity index (χ1n) is 7.61. The van der Waals surface area contributed by atoms with E-state index in [1.165, 1.54) is 23.0 Å². The lowest BCUT2D eigenvalue weighted by molar-refractivity contribution is 0.0922. The molecule has 8 heteroatoms. The molecule has 1 atom stereocenters. The Bertz CT molecular complexity index is 729. The van der Waals surface area contributed by atoms with E-state index in [2.05, 4.69) is 15.7 Å². The van der Waals surface area contributed by atoms with Gasteiger partial charge in [0, 0.05) is 12.6 Å². The molecule has 1 fully saturated rings. The minimum atomic E-state index is -0.408. The Labute approximate surface area is 145 Å². The van der Waals surface area contributed by atoms with Gasteiger partial charge in [0.05, 0.1) is 11.9 Å². The molecule has 1 saturated heterocycles. The van der Waals surface area contributed by atoms with Gasteiger partial charge in [0.25, 0.3) is 5.91 Å². The molecule has 24 heavy (non-hydrogen) atoms. The van der Waals surface area contributed by atoms with E-state index in [0.717, 1.165) is 19.4 Å². The molecule has 3 rings (SSSR count). The minimum absolute atomic E-state index is 0. The van der Waals surface area contributed by atoms with Crippen molar-refractivity contribution in [1.82, 2.24) is 20.4 Å². The summed E-state index contributed by atoms with van der Waals surface area (Å²) in [5.74, 6) is -0.949. The third kappa shape index (κ3) is 3.85. The van der Waals surface area contributed by atoms with Crippen molar-refractivity contribution in [2.45, 2.75) is 25.8 Å². The van der Waals surface area contributed by atoms with Crippen LogP contribution in [0, 0.1) is 12.7 Å². The molecule has 3 N–H and O–H groups in total. The zero-order chi connectivity index (χ0) is 16.4. The standard InChI is InChI=1S/C16H19FN4O2.ClH/c1-10-7-11(17)4-5-13(10)21-9-14(22)15(20-21)16(23)19-12-3-2-6-18-8-12;/h4-5,7,9,12,18,22H,2-3,6,8H2,1H3,(H,19,23);1H/t12-;/m0./s1. The van der Waals surface area contributed by atoms with Crippen LogP contribution in [0.25, 0.3) is 5.69 Å². The Morgan fingerprint density at radius 1 is 1.50 bits per heavy atom. The molecule has 0 saturated carbocycles. The molecular weight excluding hydrogens is 335 g/mol. The van der Waals surface area contributed by atoms with Gasteiger partial charge in [-0.15, -0.1) is 12.4 Å². The van der Waals surface area contributed by atoms with Gasteiger partial charge in [-0.3, -0.25) is 4.79 Å². The van der Waals surface area contributed by atoms with Crippen LogP contribution in [0.4, 0.5) is 4.39 Å². The van der Waals surface area contributed by atoms with Crippen LogP contribution < -0.4 is 10.6 Å². The van der Waals surface area contributed by atoms with Crippen LogP contribution in [0.5, 0.6) is 5.75 Å². The molecule has 0 bridgehead atoms. The molecule has 1 aliphatic heterocycles. The summed E-state index contributed by atoms with van der Waals surface area (Å²) >= 11 is 0. The zero-order valence-corrected chi connectivity index (χ0v) is 14.1. The van der Waals surface area contributed by atoms with E-state index in [1.807, 2.05) is 0 Å². The lowest BCUT2D eigenvalue weighted by Crippen LogP contribution is -2.45. The highest BCUT2D eigenvalue weighted by atomic mass is 35.5. The van der Waals surface area contributed by atoms with Crippen LogP contribution in [0.1, 0.15) is 28.9 Å². The monoisotopic (exact) mass is 354 g/mol. The minimum Gasteiger partial charge on any atom is -0.504 e. The number of halogens is 2. The number of piperidine rings is 1. The number of aromatic hydroxyl groups is 1. The van der Waals surface area contributed by atoms with Crippen molar-refractivity contribution in [3.63, 3.8) is 0 Å². The van der Waals surface area contributed by atoms with Gasteiger partial charge in [0.2, 0.25) is 0 Å². The highest BCUT2D eigenvalue weighted by Crippen LogP contribution is 2.21. The van der Waals surface area contributed by atoms with Crippen molar-refractivity contribution in [2.24, 2.45) is 0 Å². The van der Waals surface area contributed by atoms with Crippen LogP contribution in [-0.4, -0.2) is 39.9 Å². The molecule has 130 valence electrons. The molecule has 0 aliphatic carbocycles. The number of hydrogen-bond donors (Lipinski definition) is 3. The van der Waals surface area contributed by atoms with Crippen molar-refractivity contribution in [3.8, 4) is 11.4 Å². The van der Waals surface area contributed by atoms with E-state index in [9.17, 15) is 14.3 Å². The molecule has 1 aromatic carbocycles. The third-order valence-corrected chi connectivity index (χ3v) is 3.95. The first kappa shape index (κ1) is 18.2. The molecule has 1 aromatic heterocycles. The average molecular weight is 355 g/mol. The Balaban J connectivity index is 0.00000208. The highest BCUT2D eigenvalue weighted by Gasteiger charge is 2.22. The van der Waals surface area contributed by atoms with E-state index < -0.39 is 5.91 Å². The van der Waals surface area contributed by atoms with Crippen LogP contribution in [-0.2, 0) is 0 Å². The number of carbonyl (C=O) groups is 1. The second kappa shape index (κ2) is 7.63. The largest absolute Gasteiger partial charge is 0.504 e. The van der Waals surface area contributed by atoms with Crippen molar-refractivity contribution in [1.29, 1.82) is 0 Å². The number of benzene rings is 1. The number of aryl methyl sites for hydroxylation is 1. The number of rotatable bonds is 3. The number of carbonyl (C=O) groups excluding carboxylic acids is 1. The Morgan fingerprint density at radius 3 is 2.96 bits per heavy atom. The van der Waals surface area contributed by atoms with Gasteiger partial charge in [-0.2, -0.15) is 5.10 Å². The number of hydrogen-bond acceptors (Lipinski definition) is 4. The van der Waals surface area contributed by atoms with Gasteiger partial charge < -0.3 is 15.7 Å². The lowest BCUT2D eigenvalue weighted by Gasteiger charge is -2.23. The maximum Gasteiger partial charge on any atom is 0.275 e. The molecule has 1 aliphatic rings. The zero-order valence-electron chi connectivity index (χ0n) is 13.3. The number of nitrogens with one attached hydrogen (secondary N) is 2. The second-order valence-electron chi connectivity index (χ2n) is 5.76. The molecule has 6 nitrogen and oxygen atoms in total. The molecule has 1 amide bonds. The summed E-state index contributed by atoms with van der Waals surface area (Å²) in [6.45, 7) is 3.41. The summed E-state index contributed by atoms with van der Waals surface area (Å²) in [5.41, 5.74) is 1.25. The van der Waals surface area contributed by atoms with Crippen molar-refractivity contribution >= 4 is 18.3 Å². The molecule has 0 spiro atoms. The summed E-state index contributed by atoms with van der Waals surface area (Å²) in [5, 5.41) is 20.2. The normalized spacial score (nSPS) is 17.2. The third-order valence-electron chi connectivity index (χ3n) is 3.95. The number of aromatic nitrogens is 2. The van der Waals surface area contributed by atoms with E-state index in [0.29, 0.717) is 17.8 Å². The fraction of sp³-hybridized carbons (Fsp3) is 0.375. The molecule has 2 aromatic rings. The fourth-order valence-corrected chi connectivity index (χ4v) is 2.75. The van der Waals surface area contributed by atoms with Crippen LogP contribution in [0.15, 0.2) is 24.4 Å². The maximum absolute atomic E-state index is 13.2. The van der Waals surface area contributed by atoms with Crippen LogP contribution >= 0.6 is 12.4 Å². The van der Waals surface area contributed by atoms with Gasteiger partial charge in [0.15, 0.2) is 11.4 Å². The Kier molecular flexibility index (Phi) is 5.80. The van der Waals surface area contributed by atoms with Crippen molar-refractivity contribution in [2.75, 3.05) is 13.1 Å². The van der Waals surface area contributed by atoms with Gasteiger partial charge in [-0.25, -0.2) is 9.07 Å². The maximum atomic E-state index is 13.2. The predicted molar refractivity (Wildman–Crippen MR) is 90.5 cm³/mol. The SMILES string of the molecule is Cc1cc(F)ccc1-n1cc(O)c(C(=O)N[C@H]2CCCNC2)n1.Cl. The van der Waals surface area contributed by atoms with Gasteiger partial charge in [0.1, 0.15) is 5.82 Å². The van der Waals surface area contributed by atoms with E-state index in [-0.39, 0.29) is 35.7 Å². The number of nitrogens with zero attached hydrogens (tertiary/aromatic N) is 2. The number of amides is 1. The molecule has 0 radical (unpaired) electrons. The molecule has 0 unspecified atom stereocenters. The Morgan fingerprint density at radius 2 is 2.29 bits per heavy atom. The summed E-state index contributed by atoms with van der Waals surface area (Å²) in [7, 11) is 0. The van der Waals surface area contributed by atoms with E-state index >= 15 is 0 Å². The van der Waals surface area contributed by atoms with Gasteiger partial charge in [-0.1, -0.05) is 0 Å². The van der Waals surface area contributed by atoms with Gasteiger partial charge in [-0.05, 0) is 50.1 Å². The van der Waals surface area contributed by atoms with Gasteiger partial charge >= 0.3 is 0 Å². The highest BCUT2D eigenvalue weighted by molar-refractivity contribution is 5.95. The summed E-state index contributed by atoms with van der Waals surface area (Å²) < 4.78 is 14.6. The quantitative estimate of drug-likeness (QED) is 0.787. The van der Waals surface area contributed by atoms with Crippen LogP contribution in [0.3, 0.4) is 0 Å². The lowest BCUT2D eigenvalue weighted by atomic mass is 10.1. The Hall–Kier alpha value is -2.12. The van der Waals surface area contributed by atoms with E-state index in [4.69, 9.17) is 0 Å². The fourth-order valence-electron chi connectivity index (χ4n) is 2.75. The van der Waals surface area contributed by atoms with Crippen molar-refractivity contribution < 1.29 is 14.3 Å². The van der Waals surface area contributed by atoms with Crippen molar-refractivity contribution in [3.05, 3.63) is 41.5 Å². The summed E-state index contributed by atoms with van der Waals surface area (Å²) in [6, 6.07) is 4.29. The predicted octanol–water partition coefficient (Wildman–Crippen LogP) is 1.93. The average Bonchev–Trinajstić information content (AvgIpc) is 2.90. The van der Waals surface area contributed by atoms with E-state index in [1.54, 1.807) is 13.0 Å². The molecule has 2 heterocycles. The first-order chi connectivity index (χ1) is 11.0. The smallest absolute Gasteiger partial charge is 0.275 e. The van der Waals surface area contributed by atoms with Crippen LogP contribution in [0.2, 0.25) is 0 Å². The molecular formula is C16H20ClFN4O2.